The molecule has 0 radical (unpaired) electrons. The lowest BCUT2D eigenvalue weighted by molar-refractivity contribution is -0.141. The second kappa shape index (κ2) is 11.6. The van der Waals surface area contributed by atoms with Crippen molar-refractivity contribution in [3.63, 3.8) is 0 Å². The number of ether oxygens (including phenoxy) is 2. The number of hydrogen-bond donors (Lipinski definition) is 0. The molecule has 3 aromatic carbocycles. The van der Waals surface area contributed by atoms with E-state index in [-0.39, 0.29) is 13.0 Å². The van der Waals surface area contributed by atoms with Gasteiger partial charge in [0.25, 0.3) is 0 Å². The van der Waals surface area contributed by atoms with Gasteiger partial charge in [-0.15, -0.1) is 0 Å². The summed E-state index contributed by atoms with van der Waals surface area (Å²) in [4.78, 5) is 30.7. The summed E-state index contributed by atoms with van der Waals surface area (Å²) in [6, 6.07) is 18.5. The molecule has 0 N–H and O–H groups in total. The van der Waals surface area contributed by atoms with Gasteiger partial charge in [0.05, 0.1) is 19.8 Å². The molecule has 0 heterocycles. The molecular weight excluding hydrogens is 497 g/mol. The lowest BCUT2D eigenvalue weighted by atomic mass is 9.79. The van der Waals surface area contributed by atoms with Crippen LogP contribution in [0, 0.1) is 0 Å². The summed E-state index contributed by atoms with van der Waals surface area (Å²) in [5, 5.41) is 0. The molecule has 1 atom stereocenters. The zero-order valence-corrected chi connectivity index (χ0v) is 22.0. The standard InChI is InChI=1S/C29H31F3N2O4/c1-28(26(35)33(2)3,21-9-7-6-8-10-21)27(36)34(23-15-16-24(37-4)25(19-23)38-5)18-17-20-11-13-22(14-12-20)29(30,31)32/h6-16,19H,17-18H2,1-5H3. The average molecular weight is 529 g/mol. The van der Waals surface area contributed by atoms with Crippen LogP contribution >= 0.6 is 0 Å². The van der Waals surface area contributed by atoms with Gasteiger partial charge in [0.2, 0.25) is 11.8 Å². The van der Waals surface area contributed by atoms with Crippen LogP contribution in [0.5, 0.6) is 11.5 Å². The molecule has 38 heavy (non-hydrogen) atoms. The van der Waals surface area contributed by atoms with Gasteiger partial charge in [0, 0.05) is 32.4 Å². The maximum absolute atomic E-state index is 14.3. The third kappa shape index (κ3) is 5.93. The highest BCUT2D eigenvalue weighted by Crippen LogP contribution is 2.36. The van der Waals surface area contributed by atoms with Crippen molar-refractivity contribution in [3.05, 3.63) is 89.5 Å². The molecule has 1 unspecified atom stereocenters. The number of halogens is 3. The molecule has 0 saturated heterocycles. The lowest BCUT2D eigenvalue weighted by Crippen LogP contribution is -2.54. The Balaban J connectivity index is 2.08. The van der Waals surface area contributed by atoms with Crippen molar-refractivity contribution < 1.29 is 32.2 Å². The highest BCUT2D eigenvalue weighted by molar-refractivity contribution is 6.16. The van der Waals surface area contributed by atoms with E-state index in [0.29, 0.717) is 28.3 Å². The molecule has 0 fully saturated rings. The molecule has 0 aliphatic carbocycles. The quantitative estimate of drug-likeness (QED) is 0.352. The maximum atomic E-state index is 14.3. The molecule has 0 aromatic heterocycles. The molecule has 202 valence electrons. The largest absolute Gasteiger partial charge is 0.493 e. The van der Waals surface area contributed by atoms with E-state index in [2.05, 4.69) is 0 Å². The highest BCUT2D eigenvalue weighted by atomic mass is 19.4. The first-order valence-electron chi connectivity index (χ1n) is 11.9. The Morgan fingerprint density at radius 3 is 1.92 bits per heavy atom. The van der Waals surface area contributed by atoms with Crippen LogP contribution < -0.4 is 14.4 Å². The number of carbonyl (C=O) groups is 2. The lowest BCUT2D eigenvalue weighted by Gasteiger charge is -2.36. The molecule has 0 bridgehead atoms. The SMILES string of the molecule is COc1ccc(N(CCc2ccc(C(F)(F)F)cc2)C(=O)C(C)(C(=O)N(C)C)c2ccccc2)cc1OC. The Hall–Kier alpha value is -4.01. The third-order valence-corrected chi connectivity index (χ3v) is 6.44. The van der Waals surface area contributed by atoms with E-state index in [4.69, 9.17) is 9.47 Å². The van der Waals surface area contributed by atoms with Gasteiger partial charge in [0.1, 0.15) is 0 Å². The number of hydrogen-bond acceptors (Lipinski definition) is 4. The number of benzene rings is 3. The molecule has 0 aliphatic heterocycles. The first kappa shape index (κ1) is 28.6. The molecule has 9 heteroatoms. The van der Waals surface area contributed by atoms with E-state index in [1.54, 1.807) is 69.6 Å². The Bertz CT molecular complexity index is 1260. The van der Waals surface area contributed by atoms with Gasteiger partial charge in [-0.1, -0.05) is 42.5 Å². The first-order valence-corrected chi connectivity index (χ1v) is 11.9. The minimum Gasteiger partial charge on any atom is -0.493 e. The van der Waals surface area contributed by atoms with Crippen molar-refractivity contribution in [2.24, 2.45) is 0 Å². The summed E-state index contributed by atoms with van der Waals surface area (Å²) in [5.41, 5.74) is -0.742. The van der Waals surface area contributed by atoms with E-state index in [1.165, 1.54) is 36.2 Å². The van der Waals surface area contributed by atoms with Crippen molar-refractivity contribution in [2.45, 2.75) is 24.9 Å². The minimum absolute atomic E-state index is 0.100. The predicted molar refractivity (Wildman–Crippen MR) is 140 cm³/mol. The molecule has 3 aromatic rings. The second-order valence-electron chi connectivity index (χ2n) is 9.13. The predicted octanol–water partition coefficient (Wildman–Crippen LogP) is 5.34. The van der Waals surface area contributed by atoms with E-state index >= 15 is 0 Å². The van der Waals surface area contributed by atoms with E-state index in [1.807, 2.05) is 0 Å². The average Bonchev–Trinajstić information content (AvgIpc) is 2.92. The number of amides is 2. The first-order chi connectivity index (χ1) is 17.9. The van der Waals surface area contributed by atoms with Crippen molar-refractivity contribution >= 4 is 17.5 Å². The van der Waals surface area contributed by atoms with Crippen molar-refractivity contribution in [2.75, 3.05) is 39.8 Å². The van der Waals surface area contributed by atoms with Crippen LogP contribution in [0.2, 0.25) is 0 Å². The number of carbonyl (C=O) groups excluding carboxylic acids is 2. The van der Waals surface area contributed by atoms with E-state index in [9.17, 15) is 22.8 Å². The summed E-state index contributed by atoms with van der Waals surface area (Å²) < 4.78 is 49.8. The molecule has 6 nitrogen and oxygen atoms in total. The number of nitrogens with zero attached hydrogens (tertiary/aromatic N) is 2. The summed E-state index contributed by atoms with van der Waals surface area (Å²) in [7, 11) is 6.13. The Morgan fingerprint density at radius 2 is 1.39 bits per heavy atom. The van der Waals surface area contributed by atoms with Gasteiger partial charge < -0.3 is 19.3 Å². The van der Waals surface area contributed by atoms with Crippen LogP contribution in [-0.2, 0) is 27.6 Å². The van der Waals surface area contributed by atoms with Gasteiger partial charge in [0.15, 0.2) is 16.9 Å². The van der Waals surface area contributed by atoms with Gasteiger partial charge in [-0.3, -0.25) is 9.59 Å². The summed E-state index contributed by atoms with van der Waals surface area (Å²) in [6.45, 7) is 1.68. The third-order valence-electron chi connectivity index (χ3n) is 6.44. The van der Waals surface area contributed by atoms with Crippen LogP contribution in [0.1, 0.15) is 23.6 Å². The van der Waals surface area contributed by atoms with Crippen LogP contribution in [0.15, 0.2) is 72.8 Å². The van der Waals surface area contributed by atoms with Crippen LogP contribution in [0.25, 0.3) is 0 Å². The zero-order valence-electron chi connectivity index (χ0n) is 22.0. The second-order valence-corrected chi connectivity index (χ2v) is 9.13. The normalized spacial score (nSPS) is 12.8. The number of methoxy groups -OCH3 is 2. The number of anilines is 1. The molecule has 0 aliphatic rings. The fourth-order valence-electron chi connectivity index (χ4n) is 4.27. The monoisotopic (exact) mass is 528 g/mol. The van der Waals surface area contributed by atoms with Gasteiger partial charge in [-0.05, 0) is 48.7 Å². The molecular formula is C29H31F3N2O4. The van der Waals surface area contributed by atoms with Gasteiger partial charge in [-0.2, -0.15) is 13.2 Å². The summed E-state index contributed by atoms with van der Waals surface area (Å²) >= 11 is 0. The minimum atomic E-state index is -4.44. The summed E-state index contributed by atoms with van der Waals surface area (Å²) in [6.07, 6.45) is -4.19. The fourth-order valence-corrected chi connectivity index (χ4v) is 4.27. The smallest absolute Gasteiger partial charge is 0.416 e. The highest BCUT2D eigenvalue weighted by Gasteiger charge is 2.46. The molecule has 3 rings (SSSR count). The Labute approximate surface area is 220 Å². The van der Waals surface area contributed by atoms with E-state index < -0.39 is 29.0 Å². The summed E-state index contributed by atoms with van der Waals surface area (Å²) in [5.74, 6) is -0.0468. The number of likely N-dealkylation sites (N-methyl/N-ethyl adjacent to an activating group) is 1. The van der Waals surface area contributed by atoms with Gasteiger partial charge >= 0.3 is 6.18 Å². The Morgan fingerprint density at radius 1 is 0.789 bits per heavy atom. The van der Waals surface area contributed by atoms with E-state index in [0.717, 1.165) is 12.1 Å². The van der Waals surface area contributed by atoms with Crippen LogP contribution in [0.4, 0.5) is 18.9 Å². The van der Waals surface area contributed by atoms with Crippen LogP contribution in [-0.4, -0.2) is 51.6 Å². The fraction of sp³-hybridized carbons (Fsp3) is 0.310. The molecule has 2 amide bonds. The zero-order chi connectivity index (χ0) is 28.1. The van der Waals surface area contributed by atoms with Crippen molar-refractivity contribution in [1.29, 1.82) is 0 Å². The topological polar surface area (TPSA) is 59.1 Å². The Kier molecular flexibility index (Phi) is 8.70. The number of rotatable bonds is 9. The van der Waals surface area contributed by atoms with Crippen molar-refractivity contribution in [3.8, 4) is 11.5 Å². The van der Waals surface area contributed by atoms with Crippen LogP contribution in [0.3, 0.4) is 0 Å². The number of alkyl halides is 3. The molecule has 0 spiro atoms. The molecule has 0 saturated carbocycles. The van der Waals surface area contributed by atoms with Crippen molar-refractivity contribution in [1.82, 2.24) is 4.90 Å². The van der Waals surface area contributed by atoms with Gasteiger partial charge in [-0.25, -0.2) is 0 Å². The maximum Gasteiger partial charge on any atom is 0.416 e.